The predicted octanol–water partition coefficient (Wildman–Crippen LogP) is 6.05. The molecule has 8 heteroatoms. The fourth-order valence-electron chi connectivity index (χ4n) is 4.56. The van der Waals surface area contributed by atoms with Gasteiger partial charge in [0.15, 0.2) is 5.84 Å². The van der Waals surface area contributed by atoms with Crippen LogP contribution >= 0.6 is 11.8 Å². The van der Waals surface area contributed by atoms with Crippen molar-refractivity contribution in [2.75, 3.05) is 0 Å². The van der Waals surface area contributed by atoms with Gasteiger partial charge in [0, 0.05) is 22.3 Å². The Balaban J connectivity index is 1.39. The number of benzene rings is 3. The van der Waals surface area contributed by atoms with E-state index in [2.05, 4.69) is 38.9 Å². The van der Waals surface area contributed by atoms with Gasteiger partial charge in [-0.25, -0.2) is 4.39 Å². The largest absolute Gasteiger partial charge is 0.317 e. The smallest absolute Gasteiger partial charge is 0.283 e. The number of hydrogen-bond donors (Lipinski definition) is 1. The van der Waals surface area contributed by atoms with Crippen molar-refractivity contribution < 1.29 is 9.18 Å². The summed E-state index contributed by atoms with van der Waals surface area (Å²) in [6.45, 7) is 4.03. The number of hydrazone groups is 1. The lowest BCUT2D eigenvalue weighted by molar-refractivity contribution is -0.114. The maximum atomic E-state index is 13.3. The van der Waals surface area contributed by atoms with E-state index >= 15 is 0 Å². The first-order valence-corrected chi connectivity index (χ1v) is 12.2. The highest BCUT2D eigenvalue weighted by Gasteiger charge is 2.36. The van der Waals surface area contributed by atoms with Crippen molar-refractivity contribution in [1.82, 2.24) is 9.58 Å². The molecule has 0 atom stereocenters. The number of carbonyl (C=O) groups is 1. The van der Waals surface area contributed by atoms with Crippen LogP contribution in [0.5, 0.6) is 0 Å². The molecule has 6 nitrogen and oxygen atoms in total. The quantitative estimate of drug-likeness (QED) is 0.353. The molecule has 0 aliphatic carbocycles. The Kier molecular flexibility index (Phi) is 5.19. The van der Waals surface area contributed by atoms with Crippen LogP contribution in [0.2, 0.25) is 0 Å². The molecule has 0 saturated heterocycles. The summed E-state index contributed by atoms with van der Waals surface area (Å²) in [6, 6.07) is 22.4. The maximum absolute atomic E-state index is 13.3. The van der Waals surface area contributed by atoms with Crippen molar-refractivity contribution in [2.24, 2.45) is 10.1 Å². The Labute approximate surface area is 211 Å². The molecule has 4 aromatic rings. The van der Waals surface area contributed by atoms with Crippen molar-refractivity contribution in [3.8, 4) is 5.69 Å². The second-order valence-corrected chi connectivity index (χ2v) is 9.55. The Morgan fingerprint density at radius 2 is 1.75 bits per heavy atom. The first kappa shape index (κ1) is 22.2. The molecule has 0 fully saturated rings. The molecule has 2 aliphatic heterocycles. The van der Waals surface area contributed by atoms with Crippen LogP contribution in [0, 0.1) is 25.1 Å². The van der Waals surface area contributed by atoms with Crippen molar-refractivity contribution in [3.05, 3.63) is 107 Å². The highest BCUT2D eigenvalue weighted by Crippen LogP contribution is 2.33. The average molecular weight is 494 g/mol. The van der Waals surface area contributed by atoms with Gasteiger partial charge in [-0.3, -0.25) is 10.2 Å². The summed E-state index contributed by atoms with van der Waals surface area (Å²) < 4.78 is 15.5. The number of thioether (sulfide) groups is 1. The number of nitrogens with one attached hydrogen (secondary N) is 1. The Morgan fingerprint density at radius 1 is 1.00 bits per heavy atom. The molecule has 3 aromatic carbocycles. The van der Waals surface area contributed by atoms with Crippen LogP contribution < -0.4 is 0 Å². The highest BCUT2D eigenvalue weighted by atomic mass is 32.2. The lowest BCUT2D eigenvalue weighted by atomic mass is 10.1. The van der Waals surface area contributed by atoms with Gasteiger partial charge >= 0.3 is 0 Å². The number of hydrogen-bond acceptors (Lipinski definition) is 4. The average Bonchev–Trinajstić information content (AvgIpc) is 3.42. The van der Waals surface area contributed by atoms with Crippen molar-refractivity contribution >= 4 is 50.6 Å². The molecule has 0 radical (unpaired) electrons. The number of aryl methyl sites for hydroxylation is 1. The van der Waals surface area contributed by atoms with E-state index in [0.717, 1.165) is 33.4 Å². The molecule has 0 unspecified atom stereocenters. The van der Waals surface area contributed by atoms with Gasteiger partial charge in [0.1, 0.15) is 10.9 Å². The molecule has 0 bridgehead atoms. The zero-order valence-corrected chi connectivity index (χ0v) is 20.3. The molecule has 6 rings (SSSR count). The fourth-order valence-corrected chi connectivity index (χ4v) is 5.46. The van der Waals surface area contributed by atoms with Gasteiger partial charge in [0.05, 0.1) is 11.3 Å². The number of rotatable bonds is 3. The highest BCUT2D eigenvalue weighted by molar-refractivity contribution is 8.27. The van der Waals surface area contributed by atoms with Crippen LogP contribution in [0.15, 0.2) is 88.5 Å². The van der Waals surface area contributed by atoms with Crippen LogP contribution in [0.25, 0.3) is 22.5 Å². The van der Waals surface area contributed by atoms with Gasteiger partial charge in [0.25, 0.3) is 5.91 Å². The molecule has 0 spiro atoms. The third-order valence-corrected chi connectivity index (χ3v) is 7.28. The number of fused-ring (bicyclic) bond motifs is 2. The van der Waals surface area contributed by atoms with Crippen molar-refractivity contribution in [3.63, 3.8) is 0 Å². The Morgan fingerprint density at radius 3 is 2.56 bits per heavy atom. The molecule has 176 valence electrons. The van der Waals surface area contributed by atoms with Gasteiger partial charge < -0.3 is 4.57 Å². The van der Waals surface area contributed by atoms with E-state index in [1.807, 2.05) is 38.1 Å². The minimum absolute atomic E-state index is 0.0374. The third-order valence-electron chi connectivity index (χ3n) is 6.32. The molecular formula is C28H20FN5OS. The summed E-state index contributed by atoms with van der Waals surface area (Å²) >= 11 is 1.19. The SMILES string of the molecule is Cc1cc(/C=C2\C(=N)N3N=C(c4ccc(F)cc4)SC3=NC2=O)c(C)n1-c1cccc2ccccc12. The number of aromatic nitrogens is 1. The molecular weight excluding hydrogens is 473 g/mol. The number of carbonyl (C=O) groups excluding carboxylic acids is 1. The van der Waals surface area contributed by atoms with Crippen LogP contribution in [0.4, 0.5) is 4.39 Å². The number of amidine groups is 2. The Bertz CT molecular complexity index is 1670. The number of halogens is 1. The summed E-state index contributed by atoms with van der Waals surface area (Å²) in [6.07, 6.45) is 1.71. The molecule has 36 heavy (non-hydrogen) atoms. The second kappa shape index (κ2) is 8.42. The molecule has 3 heterocycles. The van der Waals surface area contributed by atoms with E-state index in [4.69, 9.17) is 5.41 Å². The van der Waals surface area contributed by atoms with Gasteiger partial charge in [-0.05, 0) is 79.0 Å². The lowest BCUT2D eigenvalue weighted by Crippen LogP contribution is -2.35. The van der Waals surface area contributed by atoms with E-state index in [1.165, 1.54) is 28.9 Å². The number of amides is 1. The molecule has 1 N–H and O–H groups in total. The summed E-state index contributed by atoms with van der Waals surface area (Å²) in [4.78, 5) is 17.1. The van der Waals surface area contributed by atoms with E-state index in [1.54, 1.807) is 18.2 Å². The Hall–Kier alpha value is -4.30. The third kappa shape index (κ3) is 3.58. The zero-order chi connectivity index (χ0) is 25.0. The van der Waals surface area contributed by atoms with E-state index in [0.29, 0.717) is 15.8 Å². The summed E-state index contributed by atoms with van der Waals surface area (Å²) in [5.41, 5.74) is 4.73. The number of aliphatic imine (C=N–C) groups is 1. The maximum Gasteiger partial charge on any atom is 0.283 e. The van der Waals surface area contributed by atoms with E-state index in [-0.39, 0.29) is 17.2 Å². The van der Waals surface area contributed by atoms with E-state index < -0.39 is 5.91 Å². The molecule has 1 amide bonds. The van der Waals surface area contributed by atoms with Crippen LogP contribution in [0.3, 0.4) is 0 Å². The summed E-state index contributed by atoms with van der Waals surface area (Å²) in [5, 5.41) is 17.7. The lowest BCUT2D eigenvalue weighted by Gasteiger charge is -2.20. The molecule has 2 aliphatic rings. The van der Waals surface area contributed by atoms with Crippen LogP contribution in [0.1, 0.15) is 22.5 Å². The summed E-state index contributed by atoms with van der Waals surface area (Å²) in [7, 11) is 0. The number of nitrogens with zero attached hydrogens (tertiary/aromatic N) is 4. The minimum atomic E-state index is -0.482. The first-order valence-electron chi connectivity index (χ1n) is 11.3. The first-order chi connectivity index (χ1) is 17.4. The van der Waals surface area contributed by atoms with Crippen molar-refractivity contribution in [1.29, 1.82) is 5.41 Å². The normalized spacial score (nSPS) is 16.5. The van der Waals surface area contributed by atoms with Crippen molar-refractivity contribution in [2.45, 2.75) is 13.8 Å². The monoisotopic (exact) mass is 493 g/mol. The minimum Gasteiger partial charge on any atom is -0.317 e. The molecule has 1 aromatic heterocycles. The topological polar surface area (TPSA) is 73.8 Å². The van der Waals surface area contributed by atoms with Gasteiger partial charge in [-0.2, -0.15) is 15.1 Å². The van der Waals surface area contributed by atoms with Gasteiger partial charge in [0.2, 0.25) is 5.17 Å². The zero-order valence-electron chi connectivity index (χ0n) is 19.5. The summed E-state index contributed by atoms with van der Waals surface area (Å²) in [5.74, 6) is -0.861. The predicted molar refractivity (Wildman–Crippen MR) is 143 cm³/mol. The fraction of sp³-hybridized carbons (Fsp3) is 0.0714. The van der Waals surface area contributed by atoms with Gasteiger partial charge in [-0.1, -0.05) is 36.4 Å². The van der Waals surface area contributed by atoms with Gasteiger partial charge in [-0.15, -0.1) is 0 Å². The standard InChI is InChI=1S/C28H20FN5OS/c1-16-14-20(17(2)33(16)24-9-5-7-18-6-3-4-8-22(18)24)15-23-25(30)34-28(31-26(23)35)36-27(32-34)19-10-12-21(29)13-11-19/h3-15,30H,1-2H3/b23-15+,30-25?. The van der Waals surface area contributed by atoms with Crippen LogP contribution in [-0.2, 0) is 4.79 Å². The van der Waals surface area contributed by atoms with E-state index in [9.17, 15) is 9.18 Å². The van der Waals surface area contributed by atoms with Crippen LogP contribution in [-0.4, -0.2) is 31.5 Å². The second-order valence-electron chi connectivity index (χ2n) is 8.59. The molecule has 0 saturated carbocycles.